The zero-order valence-electron chi connectivity index (χ0n) is 19.6. The largest absolute Gasteiger partial charge is 0.497 e. The third-order valence-corrected chi connectivity index (χ3v) is 5.39. The molecular weight excluding hydrogens is 430 g/mol. The Kier molecular flexibility index (Phi) is 6.77. The van der Waals surface area contributed by atoms with Gasteiger partial charge in [-0.15, -0.1) is 5.10 Å². The molecule has 0 bridgehead atoms. The molecule has 1 aromatic heterocycles. The van der Waals surface area contributed by atoms with Crippen LogP contribution in [0.2, 0.25) is 0 Å². The van der Waals surface area contributed by atoms with Crippen molar-refractivity contribution in [3.8, 4) is 22.9 Å². The van der Waals surface area contributed by atoms with Crippen molar-refractivity contribution in [3.05, 3.63) is 83.9 Å². The Labute approximate surface area is 198 Å². The first-order valence-corrected chi connectivity index (χ1v) is 10.8. The second-order valence-corrected chi connectivity index (χ2v) is 7.85. The Morgan fingerprint density at radius 2 is 1.47 bits per heavy atom. The van der Waals surface area contributed by atoms with Crippen LogP contribution in [0.1, 0.15) is 15.9 Å². The van der Waals surface area contributed by atoms with E-state index >= 15 is 0 Å². The van der Waals surface area contributed by atoms with Crippen molar-refractivity contribution < 1.29 is 14.3 Å². The number of aromatic nitrogens is 3. The summed E-state index contributed by atoms with van der Waals surface area (Å²) >= 11 is 0. The lowest BCUT2D eigenvalue weighted by Crippen LogP contribution is -2.17. The molecule has 0 amide bonds. The molecule has 3 aromatic carbocycles. The highest BCUT2D eigenvalue weighted by Gasteiger charge is 2.19. The lowest BCUT2D eigenvalue weighted by molar-refractivity contribution is 0.0947. The van der Waals surface area contributed by atoms with Gasteiger partial charge in [0.25, 0.3) is 5.91 Å². The van der Waals surface area contributed by atoms with Gasteiger partial charge in [-0.25, -0.2) is 0 Å². The molecule has 0 aliphatic heterocycles. The van der Waals surface area contributed by atoms with E-state index < -0.39 is 0 Å². The van der Waals surface area contributed by atoms with Gasteiger partial charge in [-0.05, 0) is 66.2 Å². The maximum atomic E-state index is 13.3. The van der Waals surface area contributed by atoms with Crippen LogP contribution in [0.25, 0.3) is 11.4 Å². The maximum absolute atomic E-state index is 13.3. The highest BCUT2D eigenvalue weighted by molar-refractivity contribution is 5.97. The molecule has 4 rings (SSSR count). The minimum atomic E-state index is -0.291. The fourth-order valence-corrected chi connectivity index (χ4v) is 3.38. The van der Waals surface area contributed by atoms with E-state index in [0.717, 1.165) is 22.6 Å². The van der Waals surface area contributed by atoms with E-state index in [1.807, 2.05) is 67.5 Å². The molecule has 174 valence electrons. The quantitative estimate of drug-likeness (QED) is 0.422. The van der Waals surface area contributed by atoms with Crippen LogP contribution < -0.4 is 19.7 Å². The van der Waals surface area contributed by atoms with Crippen LogP contribution in [-0.2, 0) is 6.54 Å². The average Bonchev–Trinajstić information content (AvgIpc) is 3.31. The van der Waals surface area contributed by atoms with Gasteiger partial charge in [0, 0.05) is 37.5 Å². The third kappa shape index (κ3) is 5.01. The minimum Gasteiger partial charge on any atom is -0.497 e. The maximum Gasteiger partial charge on any atom is 0.281 e. The number of hydrogen-bond acceptors (Lipinski definition) is 7. The Morgan fingerprint density at radius 3 is 2.03 bits per heavy atom. The number of nitrogens with zero attached hydrogens (tertiary/aromatic N) is 4. The molecule has 8 heteroatoms. The molecule has 0 fully saturated rings. The molecule has 0 aliphatic carbocycles. The Bertz CT molecular complexity index is 1250. The zero-order chi connectivity index (χ0) is 24.1. The first-order valence-electron chi connectivity index (χ1n) is 10.8. The van der Waals surface area contributed by atoms with E-state index in [1.54, 1.807) is 38.5 Å². The van der Waals surface area contributed by atoms with Gasteiger partial charge in [0.05, 0.1) is 14.2 Å². The van der Waals surface area contributed by atoms with Crippen LogP contribution in [-0.4, -0.2) is 49.0 Å². The number of anilines is 2. The number of ether oxygens (including phenoxy) is 2. The number of methoxy groups -OCH3 is 2. The summed E-state index contributed by atoms with van der Waals surface area (Å²) in [4.78, 5) is 20.0. The monoisotopic (exact) mass is 457 g/mol. The van der Waals surface area contributed by atoms with Crippen LogP contribution in [0, 0.1) is 0 Å². The zero-order valence-corrected chi connectivity index (χ0v) is 19.6. The molecule has 0 radical (unpaired) electrons. The summed E-state index contributed by atoms with van der Waals surface area (Å²) in [6, 6.07) is 22.5. The molecule has 4 aromatic rings. The van der Waals surface area contributed by atoms with E-state index in [4.69, 9.17) is 9.47 Å². The van der Waals surface area contributed by atoms with Crippen LogP contribution in [0.3, 0.4) is 0 Å². The summed E-state index contributed by atoms with van der Waals surface area (Å²) in [7, 11) is 7.20. The number of carbonyl (C=O) groups excluding carboxylic acids is 1. The van der Waals surface area contributed by atoms with Crippen molar-refractivity contribution in [2.75, 3.05) is 38.5 Å². The van der Waals surface area contributed by atoms with Crippen molar-refractivity contribution in [2.24, 2.45) is 0 Å². The Hall–Kier alpha value is -4.33. The molecule has 0 saturated heterocycles. The summed E-state index contributed by atoms with van der Waals surface area (Å²) < 4.78 is 11.7. The highest BCUT2D eigenvalue weighted by Crippen LogP contribution is 2.23. The van der Waals surface area contributed by atoms with Gasteiger partial charge in [-0.3, -0.25) is 4.79 Å². The molecule has 0 aliphatic rings. The molecule has 1 heterocycles. The predicted molar refractivity (Wildman–Crippen MR) is 133 cm³/mol. The van der Waals surface area contributed by atoms with Gasteiger partial charge >= 0.3 is 0 Å². The van der Waals surface area contributed by atoms with Crippen molar-refractivity contribution in [1.82, 2.24) is 14.8 Å². The van der Waals surface area contributed by atoms with Gasteiger partial charge in [-0.1, -0.05) is 12.1 Å². The first-order chi connectivity index (χ1) is 16.5. The average molecular weight is 458 g/mol. The molecule has 1 N–H and O–H groups in total. The lowest BCUT2D eigenvalue weighted by atomic mass is 10.2. The van der Waals surface area contributed by atoms with E-state index in [1.165, 1.54) is 4.68 Å². The second kappa shape index (κ2) is 10.1. The van der Waals surface area contributed by atoms with Crippen LogP contribution in [0.5, 0.6) is 11.5 Å². The van der Waals surface area contributed by atoms with Crippen molar-refractivity contribution >= 4 is 17.5 Å². The fraction of sp³-hybridized carbons (Fsp3) is 0.192. The van der Waals surface area contributed by atoms with E-state index in [2.05, 4.69) is 15.4 Å². The van der Waals surface area contributed by atoms with E-state index in [0.29, 0.717) is 29.6 Å². The Balaban J connectivity index is 1.64. The van der Waals surface area contributed by atoms with Crippen molar-refractivity contribution in [2.45, 2.75) is 6.54 Å². The number of carbonyl (C=O) groups is 1. The molecule has 0 saturated carbocycles. The fourth-order valence-electron chi connectivity index (χ4n) is 3.38. The predicted octanol–water partition coefficient (Wildman–Crippen LogP) is 4.33. The van der Waals surface area contributed by atoms with Crippen LogP contribution in [0.4, 0.5) is 11.6 Å². The van der Waals surface area contributed by atoms with Crippen molar-refractivity contribution in [1.29, 1.82) is 0 Å². The number of nitrogens with one attached hydrogen (secondary N) is 1. The molecule has 0 spiro atoms. The number of rotatable bonds is 8. The van der Waals surface area contributed by atoms with Gasteiger partial charge < -0.3 is 19.7 Å². The summed E-state index contributed by atoms with van der Waals surface area (Å²) in [5.41, 5.74) is 3.43. The standard InChI is InChI=1S/C26H27N5O3/c1-30(2)21-11-5-18(6-12-21)17-27-26-28-24(19-7-13-22(33-3)14-8-19)29-31(26)25(32)20-9-15-23(34-4)16-10-20/h5-16H,17H2,1-4H3,(H,27,28,29). The SMILES string of the molecule is COc1ccc(C(=O)n2nc(-c3ccc(OC)cc3)nc2NCc2ccc(N(C)C)cc2)cc1. The second-order valence-electron chi connectivity index (χ2n) is 7.85. The van der Waals surface area contributed by atoms with E-state index in [-0.39, 0.29) is 5.91 Å². The number of hydrogen-bond donors (Lipinski definition) is 1. The van der Waals surface area contributed by atoms with E-state index in [9.17, 15) is 4.79 Å². The smallest absolute Gasteiger partial charge is 0.281 e. The molecule has 34 heavy (non-hydrogen) atoms. The topological polar surface area (TPSA) is 81.5 Å². The summed E-state index contributed by atoms with van der Waals surface area (Å²) in [5.74, 6) is 1.92. The van der Waals surface area contributed by atoms with Gasteiger partial charge in [0.2, 0.25) is 5.95 Å². The minimum absolute atomic E-state index is 0.291. The summed E-state index contributed by atoms with van der Waals surface area (Å²) in [6.45, 7) is 0.490. The van der Waals surface area contributed by atoms with Gasteiger partial charge in [0.1, 0.15) is 11.5 Å². The van der Waals surface area contributed by atoms with Crippen molar-refractivity contribution in [3.63, 3.8) is 0 Å². The first kappa shape index (κ1) is 22.8. The Morgan fingerprint density at radius 1 is 0.882 bits per heavy atom. The van der Waals surface area contributed by atoms with Gasteiger partial charge in [0.15, 0.2) is 5.82 Å². The molecular formula is C26H27N5O3. The summed E-state index contributed by atoms with van der Waals surface area (Å²) in [5, 5.41) is 7.79. The molecule has 0 unspecified atom stereocenters. The summed E-state index contributed by atoms with van der Waals surface area (Å²) in [6.07, 6.45) is 0. The van der Waals surface area contributed by atoms with Gasteiger partial charge in [-0.2, -0.15) is 9.67 Å². The normalized spacial score (nSPS) is 10.6. The van der Waals surface area contributed by atoms with Crippen LogP contribution >= 0.6 is 0 Å². The molecule has 8 nitrogen and oxygen atoms in total. The number of benzene rings is 3. The highest BCUT2D eigenvalue weighted by atomic mass is 16.5. The third-order valence-electron chi connectivity index (χ3n) is 5.39. The molecule has 0 atom stereocenters. The lowest BCUT2D eigenvalue weighted by Gasteiger charge is -2.13. The van der Waals surface area contributed by atoms with Crippen LogP contribution in [0.15, 0.2) is 72.8 Å².